The van der Waals surface area contributed by atoms with Gasteiger partial charge in [-0.05, 0) is 62.3 Å². The summed E-state index contributed by atoms with van der Waals surface area (Å²) in [6.07, 6.45) is 4.58. The van der Waals surface area contributed by atoms with Crippen LogP contribution in [0.1, 0.15) is 42.5 Å². The summed E-state index contributed by atoms with van der Waals surface area (Å²) in [5, 5.41) is 25.0. The summed E-state index contributed by atoms with van der Waals surface area (Å²) in [4.78, 5) is 25.5. The van der Waals surface area contributed by atoms with Crippen LogP contribution < -0.4 is 5.32 Å². The smallest absolute Gasteiger partial charge is 0.306 e. The Kier molecular flexibility index (Phi) is 6.20. The lowest BCUT2D eigenvalue weighted by Crippen LogP contribution is -2.38. The van der Waals surface area contributed by atoms with Crippen LogP contribution in [0.2, 0.25) is 5.02 Å². The van der Waals surface area contributed by atoms with E-state index in [9.17, 15) is 15.0 Å². The highest BCUT2D eigenvalue weighted by Gasteiger charge is 2.43. The normalized spacial score (nSPS) is 23.2. The van der Waals surface area contributed by atoms with E-state index in [1.54, 1.807) is 12.4 Å². The Labute approximate surface area is 195 Å². The number of aliphatic carboxylic acids is 1. The van der Waals surface area contributed by atoms with E-state index in [1.807, 2.05) is 32.9 Å². The molecule has 9 heteroatoms. The van der Waals surface area contributed by atoms with E-state index in [0.717, 1.165) is 21.7 Å². The van der Waals surface area contributed by atoms with Crippen molar-refractivity contribution in [3.8, 4) is 10.4 Å². The van der Waals surface area contributed by atoms with Crippen LogP contribution >= 0.6 is 22.9 Å². The van der Waals surface area contributed by atoms with E-state index in [0.29, 0.717) is 40.9 Å². The zero-order valence-electron chi connectivity index (χ0n) is 18.1. The minimum atomic E-state index is -1.09. The summed E-state index contributed by atoms with van der Waals surface area (Å²) < 4.78 is 0. The number of carboxylic acids is 1. The van der Waals surface area contributed by atoms with Crippen molar-refractivity contribution in [1.82, 2.24) is 15.0 Å². The van der Waals surface area contributed by atoms with Crippen molar-refractivity contribution >= 4 is 40.5 Å². The van der Waals surface area contributed by atoms with Crippen LogP contribution in [0.15, 0.2) is 30.6 Å². The molecule has 0 spiro atoms. The largest absolute Gasteiger partial charge is 0.481 e. The van der Waals surface area contributed by atoms with Gasteiger partial charge in [-0.2, -0.15) is 0 Å². The number of aryl methyl sites for hydroxylation is 2. The minimum Gasteiger partial charge on any atom is -0.481 e. The number of rotatable bonds is 5. The summed E-state index contributed by atoms with van der Waals surface area (Å²) in [6, 6.07) is 6.05. The third kappa shape index (κ3) is 4.62. The molecule has 0 bridgehead atoms. The second-order valence-electron chi connectivity index (χ2n) is 8.57. The Balaban J connectivity index is 1.57. The van der Waals surface area contributed by atoms with Crippen LogP contribution in [0.4, 0.5) is 11.6 Å². The SMILES string of the molecule is Cc1cc(Nc2ncc(Cl)c(C)n2)cc(-c2cnc(C3(O)CCC(C(=O)O)C(C)C3)s2)c1. The van der Waals surface area contributed by atoms with Crippen molar-refractivity contribution in [2.75, 3.05) is 5.32 Å². The number of aromatic nitrogens is 3. The fourth-order valence-corrected chi connectivity index (χ4v) is 5.40. The Morgan fingerprint density at radius 2 is 2.03 bits per heavy atom. The molecule has 32 heavy (non-hydrogen) atoms. The molecule has 1 aliphatic carbocycles. The van der Waals surface area contributed by atoms with Gasteiger partial charge in [0.05, 0.1) is 27.7 Å². The van der Waals surface area contributed by atoms with E-state index in [4.69, 9.17) is 11.6 Å². The van der Waals surface area contributed by atoms with Crippen LogP contribution in [0, 0.1) is 25.7 Å². The Morgan fingerprint density at radius 3 is 2.72 bits per heavy atom. The summed E-state index contributed by atoms with van der Waals surface area (Å²) >= 11 is 7.46. The Morgan fingerprint density at radius 1 is 1.25 bits per heavy atom. The number of anilines is 2. The van der Waals surface area contributed by atoms with Gasteiger partial charge < -0.3 is 15.5 Å². The van der Waals surface area contributed by atoms with Crippen LogP contribution in [-0.2, 0) is 10.4 Å². The first-order valence-electron chi connectivity index (χ1n) is 10.4. The summed E-state index contributed by atoms with van der Waals surface area (Å²) in [7, 11) is 0. The number of carboxylic acid groups (broad SMARTS) is 1. The van der Waals surface area contributed by atoms with Gasteiger partial charge in [-0.15, -0.1) is 11.3 Å². The predicted molar refractivity (Wildman–Crippen MR) is 125 cm³/mol. The molecule has 3 N–H and O–H groups in total. The molecule has 7 nitrogen and oxygen atoms in total. The molecule has 2 aromatic heterocycles. The number of thiazole rings is 1. The summed E-state index contributed by atoms with van der Waals surface area (Å²) in [5.74, 6) is -0.860. The zero-order valence-corrected chi connectivity index (χ0v) is 19.7. The lowest BCUT2D eigenvalue weighted by Gasteiger charge is -2.37. The maximum Gasteiger partial charge on any atom is 0.306 e. The lowest BCUT2D eigenvalue weighted by atomic mass is 9.72. The van der Waals surface area contributed by atoms with Crippen LogP contribution in [0.3, 0.4) is 0 Å². The molecular formula is C23H25ClN4O3S. The minimum absolute atomic E-state index is 0.115. The topological polar surface area (TPSA) is 108 Å². The number of nitrogens with zero attached hydrogens (tertiary/aromatic N) is 3. The first-order chi connectivity index (χ1) is 15.1. The number of hydrogen-bond acceptors (Lipinski definition) is 7. The number of carbonyl (C=O) groups is 1. The number of nitrogens with one attached hydrogen (secondary N) is 1. The van der Waals surface area contributed by atoms with Crippen LogP contribution in [0.5, 0.6) is 0 Å². The van der Waals surface area contributed by atoms with Crippen molar-refractivity contribution in [3.05, 3.63) is 51.9 Å². The molecule has 3 atom stereocenters. The Hall–Kier alpha value is -2.55. The van der Waals surface area contributed by atoms with Gasteiger partial charge in [0.1, 0.15) is 10.6 Å². The van der Waals surface area contributed by atoms with E-state index in [1.165, 1.54) is 11.3 Å². The highest BCUT2D eigenvalue weighted by molar-refractivity contribution is 7.15. The van der Waals surface area contributed by atoms with Crippen LogP contribution in [0.25, 0.3) is 10.4 Å². The van der Waals surface area contributed by atoms with Gasteiger partial charge in [0.2, 0.25) is 5.95 Å². The zero-order chi connectivity index (χ0) is 23.0. The third-order valence-electron chi connectivity index (χ3n) is 5.97. The third-order valence-corrected chi connectivity index (χ3v) is 7.58. The molecule has 2 heterocycles. The average molecular weight is 473 g/mol. The lowest BCUT2D eigenvalue weighted by molar-refractivity contribution is -0.148. The van der Waals surface area contributed by atoms with Crippen molar-refractivity contribution in [3.63, 3.8) is 0 Å². The second-order valence-corrected chi connectivity index (χ2v) is 10.0. The van der Waals surface area contributed by atoms with Crippen molar-refractivity contribution in [1.29, 1.82) is 0 Å². The number of hydrogen-bond donors (Lipinski definition) is 3. The molecule has 1 saturated carbocycles. The first kappa shape index (κ1) is 22.6. The fourth-order valence-electron chi connectivity index (χ4n) is 4.28. The fraction of sp³-hybridized carbons (Fsp3) is 0.391. The van der Waals surface area contributed by atoms with Crippen molar-refractivity contribution in [2.24, 2.45) is 11.8 Å². The molecular weight excluding hydrogens is 448 g/mol. The van der Waals surface area contributed by atoms with Crippen molar-refractivity contribution < 1.29 is 15.0 Å². The molecule has 0 aliphatic heterocycles. The molecule has 3 aromatic rings. The quantitative estimate of drug-likeness (QED) is 0.461. The average Bonchev–Trinajstić information content (AvgIpc) is 3.21. The standard InChI is InChI=1S/C23H25ClN4O3S/c1-12-6-15(8-16(7-12)28-22-26-10-18(24)14(3)27-22)19-11-25-21(32-19)23(31)5-4-17(20(29)30)13(2)9-23/h6-8,10-11,13,17,31H,4-5,9H2,1-3H3,(H,29,30)(H,26,27,28). The maximum atomic E-state index is 11.4. The second kappa shape index (κ2) is 8.77. The number of benzene rings is 1. The molecule has 4 rings (SSSR count). The summed E-state index contributed by atoms with van der Waals surface area (Å²) in [5.41, 5.74) is 2.47. The molecule has 168 valence electrons. The van der Waals surface area contributed by atoms with Gasteiger partial charge in [-0.25, -0.2) is 15.0 Å². The summed E-state index contributed by atoms with van der Waals surface area (Å²) in [6.45, 7) is 5.72. The highest BCUT2D eigenvalue weighted by atomic mass is 35.5. The molecule has 0 radical (unpaired) electrons. The van der Waals surface area contributed by atoms with Crippen LogP contribution in [-0.4, -0.2) is 31.1 Å². The van der Waals surface area contributed by atoms with Gasteiger partial charge in [0.25, 0.3) is 0 Å². The van der Waals surface area contributed by atoms with E-state index in [-0.39, 0.29) is 5.92 Å². The maximum absolute atomic E-state index is 11.4. The van der Waals surface area contributed by atoms with Gasteiger partial charge in [-0.1, -0.05) is 24.6 Å². The molecule has 1 aromatic carbocycles. The van der Waals surface area contributed by atoms with Gasteiger partial charge in [0.15, 0.2) is 0 Å². The monoisotopic (exact) mass is 472 g/mol. The highest BCUT2D eigenvalue weighted by Crippen LogP contribution is 2.45. The molecule has 3 unspecified atom stereocenters. The molecule has 0 saturated heterocycles. The predicted octanol–water partition coefficient (Wildman–Crippen LogP) is 5.32. The van der Waals surface area contributed by atoms with Crippen molar-refractivity contribution in [2.45, 2.75) is 45.6 Å². The first-order valence-corrected chi connectivity index (χ1v) is 11.6. The number of aliphatic hydroxyl groups is 1. The van der Waals surface area contributed by atoms with Gasteiger partial charge >= 0.3 is 5.97 Å². The molecule has 0 amide bonds. The molecule has 1 fully saturated rings. The van der Waals surface area contributed by atoms with E-state index >= 15 is 0 Å². The molecule has 1 aliphatic rings. The van der Waals surface area contributed by atoms with E-state index in [2.05, 4.69) is 26.3 Å². The van der Waals surface area contributed by atoms with Gasteiger partial charge in [0, 0.05) is 11.9 Å². The number of halogens is 1. The van der Waals surface area contributed by atoms with E-state index < -0.39 is 17.5 Å². The Bertz CT molecular complexity index is 1170. The van der Waals surface area contributed by atoms with Gasteiger partial charge in [-0.3, -0.25) is 4.79 Å².